The molecule has 0 unspecified atom stereocenters. The third-order valence-corrected chi connectivity index (χ3v) is 3.90. The zero-order chi connectivity index (χ0) is 18.0. The molecule has 4 N–H and O–H groups in total. The van der Waals surface area contributed by atoms with Crippen LogP contribution in [0.3, 0.4) is 0 Å². The summed E-state index contributed by atoms with van der Waals surface area (Å²) in [6, 6.07) is 8.39. The van der Waals surface area contributed by atoms with E-state index in [0.717, 1.165) is 0 Å². The van der Waals surface area contributed by atoms with Crippen LogP contribution in [0.2, 0.25) is 5.02 Å². The van der Waals surface area contributed by atoms with E-state index in [4.69, 9.17) is 32.5 Å². The second-order valence-corrected chi connectivity index (χ2v) is 5.63. The van der Waals surface area contributed by atoms with Gasteiger partial charge >= 0.3 is 0 Å². The fourth-order valence-corrected chi connectivity index (χ4v) is 2.64. The van der Waals surface area contributed by atoms with Gasteiger partial charge in [-0.05, 0) is 24.3 Å². The molecule has 25 heavy (non-hydrogen) atoms. The largest absolute Gasteiger partial charge is 0.495 e. The van der Waals surface area contributed by atoms with Gasteiger partial charge in [-0.3, -0.25) is 0 Å². The molecule has 0 radical (unpaired) electrons. The number of nitrogen functional groups attached to an aromatic ring is 2. The predicted octanol–water partition coefficient (Wildman–Crippen LogP) is 3.47. The fourth-order valence-electron chi connectivity index (χ4n) is 2.41. The number of alkyl halides is 1. The Kier molecular flexibility index (Phi) is 4.76. The minimum Gasteiger partial charge on any atom is -0.495 e. The molecule has 130 valence electrons. The summed E-state index contributed by atoms with van der Waals surface area (Å²) in [6.07, 6.45) is 0. The maximum absolute atomic E-state index is 12.2. The first kappa shape index (κ1) is 17.0. The van der Waals surface area contributed by atoms with E-state index in [2.05, 4.69) is 9.97 Å². The van der Waals surface area contributed by atoms with Gasteiger partial charge in [0.05, 0.1) is 23.3 Å². The van der Waals surface area contributed by atoms with Crippen molar-refractivity contribution in [2.24, 2.45) is 0 Å². The van der Waals surface area contributed by atoms with Crippen LogP contribution in [0.4, 0.5) is 15.9 Å². The lowest BCUT2D eigenvalue weighted by atomic mass is 10.1. The molecule has 1 aromatic heterocycles. The normalized spacial score (nSPS) is 10.8. The molecule has 3 aromatic rings. The molecule has 1 heterocycles. The zero-order valence-electron chi connectivity index (χ0n) is 13.4. The highest BCUT2D eigenvalue weighted by Gasteiger charge is 2.12. The van der Waals surface area contributed by atoms with Crippen LogP contribution in [0.1, 0.15) is 0 Å². The van der Waals surface area contributed by atoms with E-state index in [9.17, 15) is 4.39 Å². The second-order valence-electron chi connectivity index (χ2n) is 5.23. The highest BCUT2D eigenvalue weighted by Crippen LogP contribution is 2.33. The van der Waals surface area contributed by atoms with Crippen LogP contribution < -0.4 is 20.9 Å². The monoisotopic (exact) mass is 362 g/mol. The number of anilines is 2. The van der Waals surface area contributed by atoms with Crippen LogP contribution in [-0.4, -0.2) is 30.4 Å². The first-order valence-electron chi connectivity index (χ1n) is 7.43. The van der Waals surface area contributed by atoms with E-state index >= 15 is 0 Å². The second kappa shape index (κ2) is 6.98. The van der Waals surface area contributed by atoms with Crippen molar-refractivity contribution in [3.05, 3.63) is 35.4 Å². The maximum atomic E-state index is 12.2. The van der Waals surface area contributed by atoms with Gasteiger partial charge in [0.15, 0.2) is 5.82 Å². The molecule has 6 nitrogen and oxygen atoms in total. The van der Waals surface area contributed by atoms with Gasteiger partial charge in [-0.1, -0.05) is 11.6 Å². The third kappa shape index (κ3) is 3.36. The van der Waals surface area contributed by atoms with Crippen molar-refractivity contribution in [2.75, 3.05) is 31.9 Å². The van der Waals surface area contributed by atoms with Crippen LogP contribution in [0.25, 0.3) is 22.3 Å². The highest BCUT2D eigenvalue weighted by molar-refractivity contribution is 6.32. The van der Waals surface area contributed by atoms with Gasteiger partial charge in [0, 0.05) is 17.0 Å². The standard InChI is InChI=1S/C17H16ClFN4O2/c1-24-15-8-13-10(7-12(15)20)16(21)23-17(22-13)9-2-3-14(11(18)6-9)25-5-4-19/h2-3,6-8H,4-5,20H2,1H3,(H2,21,22,23). The van der Waals surface area contributed by atoms with Gasteiger partial charge in [0.1, 0.15) is 30.6 Å². The van der Waals surface area contributed by atoms with Crippen LogP contribution in [0, 0.1) is 0 Å². The van der Waals surface area contributed by atoms with Gasteiger partial charge in [-0.2, -0.15) is 0 Å². The molecule has 0 aliphatic rings. The van der Waals surface area contributed by atoms with Gasteiger partial charge in [0.25, 0.3) is 0 Å². The minimum absolute atomic E-state index is 0.0558. The van der Waals surface area contributed by atoms with E-state index in [-0.39, 0.29) is 6.61 Å². The molecule has 0 aliphatic carbocycles. The average molecular weight is 363 g/mol. The molecule has 0 saturated carbocycles. The minimum atomic E-state index is -0.590. The number of hydrogen-bond acceptors (Lipinski definition) is 6. The molecule has 8 heteroatoms. The summed E-state index contributed by atoms with van der Waals surface area (Å²) < 4.78 is 22.6. The number of benzene rings is 2. The average Bonchev–Trinajstić information content (AvgIpc) is 2.60. The first-order chi connectivity index (χ1) is 12.0. The van der Waals surface area contributed by atoms with E-state index in [1.54, 1.807) is 30.3 Å². The Morgan fingerprint density at radius 2 is 1.92 bits per heavy atom. The first-order valence-corrected chi connectivity index (χ1v) is 7.80. The van der Waals surface area contributed by atoms with Crippen molar-refractivity contribution in [1.29, 1.82) is 0 Å². The van der Waals surface area contributed by atoms with E-state index < -0.39 is 6.67 Å². The van der Waals surface area contributed by atoms with Crippen LogP contribution in [-0.2, 0) is 0 Å². The molecule has 0 atom stereocenters. The molecule has 0 aliphatic heterocycles. The molecule has 0 amide bonds. The lowest BCUT2D eigenvalue weighted by Gasteiger charge is -2.11. The number of methoxy groups -OCH3 is 1. The number of rotatable bonds is 5. The Morgan fingerprint density at radius 1 is 1.12 bits per heavy atom. The molecule has 2 aromatic carbocycles. The summed E-state index contributed by atoms with van der Waals surface area (Å²) in [5, 5.41) is 0.971. The number of halogens is 2. The van der Waals surface area contributed by atoms with Gasteiger partial charge in [0.2, 0.25) is 0 Å². The topological polar surface area (TPSA) is 96.3 Å². The summed E-state index contributed by atoms with van der Waals surface area (Å²) in [7, 11) is 1.53. The van der Waals surface area contributed by atoms with Crippen LogP contribution in [0.5, 0.6) is 11.5 Å². The number of nitrogens with zero attached hydrogens (tertiary/aromatic N) is 2. The summed E-state index contributed by atoms with van der Waals surface area (Å²) >= 11 is 6.17. The Hall–Kier alpha value is -2.80. The number of hydrogen-bond donors (Lipinski definition) is 2. The molecular weight excluding hydrogens is 347 g/mol. The Balaban J connectivity index is 2.06. The summed E-state index contributed by atoms with van der Waals surface area (Å²) in [5.74, 6) is 1.59. The molecule has 0 fully saturated rings. The third-order valence-electron chi connectivity index (χ3n) is 3.60. The quantitative estimate of drug-likeness (QED) is 0.674. The number of ether oxygens (including phenoxy) is 2. The molecule has 3 rings (SSSR count). The van der Waals surface area contributed by atoms with E-state index in [0.29, 0.717) is 50.3 Å². The maximum Gasteiger partial charge on any atom is 0.162 e. The molecule has 0 spiro atoms. The number of nitrogens with two attached hydrogens (primary N) is 2. The van der Waals surface area contributed by atoms with E-state index in [1.807, 2.05) is 0 Å². The summed E-state index contributed by atoms with van der Waals surface area (Å²) in [6.45, 7) is -0.646. The zero-order valence-corrected chi connectivity index (χ0v) is 14.2. The predicted molar refractivity (Wildman–Crippen MR) is 96.8 cm³/mol. The van der Waals surface area contributed by atoms with Crippen molar-refractivity contribution < 1.29 is 13.9 Å². The van der Waals surface area contributed by atoms with Gasteiger partial charge in [-0.15, -0.1) is 0 Å². The molecule has 0 saturated heterocycles. The van der Waals surface area contributed by atoms with Crippen molar-refractivity contribution in [3.8, 4) is 22.9 Å². The Bertz CT molecular complexity index is 936. The SMILES string of the molecule is COc1cc2nc(-c3ccc(OCCF)c(Cl)c3)nc(N)c2cc1N. The Morgan fingerprint density at radius 3 is 2.60 bits per heavy atom. The van der Waals surface area contributed by atoms with Crippen LogP contribution >= 0.6 is 11.6 Å². The van der Waals surface area contributed by atoms with Crippen molar-refractivity contribution in [1.82, 2.24) is 9.97 Å². The summed E-state index contributed by atoms with van der Waals surface area (Å²) in [5.41, 5.74) is 13.6. The van der Waals surface area contributed by atoms with E-state index in [1.165, 1.54) is 7.11 Å². The van der Waals surface area contributed by atoms with Crippen LogP contribution in [0.15, 0.2) is 30.3 Å². The smallest absolute Gasteiger partial charge is 0.162 e. The van der Waals surface area contributed by atoms with Gasteiger partial charge < -0.3 is 20.9 Å². The lowest BCUT2D eigenvalue weighted by Crippen LogP contribution is -2.01. The fraction of sp³-hybridized carbons (Fsp3) is 0.176. The van der Waals surface area contributed by atoms with Crippen molar-refractivity contribution >= 4 is 34.0 Å². The van der Waals surface area contributed by atoms with Crippen molar-refractivity contribution in [3.63, 3.8) is 0 Å². The van der Waals surface area contributed by atoms with Crippen molar-refractivity contribution in [2.45, 2.75) is 0 Å². The molecule has 0 bridgehead atoms. The number of fused-ring (bicyclic) bond motifs is 1. The summed E-state index contributed by atoms with van der Waals surface area (Å²) in [4.78, 5) is 8.81. The molecular formula is C17H16ClFN4O2. The lowest BCUT2D eigenvalue weighted by molar-refractivity contribution is 0.273. The Labute approximate surface area is 148 Å². The highest BCUT2D eigenvalue weighted by atomic mass is 35.5. The number of aromatic nitrogens is 2. The van der Waals surface area contributed by atoms with Gasteiger partial charge in [-0.25, -0.2) is 14.4 Å².